The molecular weight excluding hydrogens is 176 g/mol. The summed E-state index contributed by atoms with van der Waals surface area (Å²) in [5.74, 6) is 0.823. The van der Waals surface area contributed by atoms with E-state index in [1.165, 1.54) is 6.33 Å². The van der Waals surface area contributed by atoms with Crippen LogP contribution in [-0.4, -0.2) is 15.0 Å². The summed E-state index contributed by atoms with van der Waals surface area (Å²) in [5.41, 5.74) is 1.13. The molecule has 0 aromatic carbocycles. The second-order valence-corrected chi connectivity index (χ2v) is 2.81. The molecule has 2 rings (SSSR count). The van der Waals surface area contributed by atoms with Gasteiger partial charge in [0.1, 0.15) is 12.1 Å². The van der Waals surface area contributed by atoms with Crippen LogP contribution in [0.15, 0.2) is 43.1 Å². The van der Waals surface area contributed by atoms with Gasteiger partial charge in [-0.1, -0.05) is 6.07 Å². The molecule has 0 spiro atoms. The van der Waals surface area contributed by atoms with Gasteiger partial charge in [0.2, 0.25) is 0 Å². The molecule has 0 saturated carbocycles. The van der Waals surface area contributed by atoms with Gasteiger partial charge in [0.05, 0.1) is 0 Å². The average Bonchev–Trinajstić information content (AvgIpc) is 2.29. The lowest BCUT2D eigenvalue weighted by atomic mass is 10.3. The van der Waals surface area contributed by atoms with Crippen molar-refractivity contribution in [2.45, 2.75) is 6.54 Å². The third-order valence-corrected chi connectivity index (χ3v) is 1.78. The maximum absolute atomic E-state index is 4.05. The molecule has 0 fully saturated rings. The van der Waals surface area contributed by atoms with Gasteiger partial charge in [-0.15, -0.1) is 0 Å². The predicted molar refractivity (Wildman–Crippen MR) is 53.6 cm³/mol. The number of hydrogen-bond acceptors (Lipinski definition) is 4. The van der Waals surface area contributed by atoms with Crippen LogP contribution in [-0.2, 0) is 6.54 Å². The lowest BCUT2D eigenvalue weighted by molar-refractivity contribution is 1.07. The van der Waals surface area contributed by atoms with Gasteiger partial charge in [-0.25, -0.2) is 9.97 Å². The van der Waals surface area contributed by atoms with E-state index in [1.54, 1.807) is 12.4 Å². The van der Waals surface area contributed by atoms with Gasteiger partial charge in [-0.3, -0.25) is 4.98 Å². The Morgan fingerprint density at radius 1 is 1.14 bits per heavy atom. The molecule has 0 aliphatic carbocycles. The SMILES string of the molecule is c1cncc(CNc2ccncn2)c1. The van der Waals surface area contributed by atoms with E-state index in [1.807, 2.05) is 24.4 Å². The van der Waals surface area contributed by atoms with Gasteiger partial charge in [-0.05, 0) is 17.7 Å². The van der Waals surface area contributed by atoms with E-state index in [2.05, 4.69) is 20.3 Å². The molecule has 0 atom stereocenters. The topological polar surface area (TPSA) is 50.7 Å². The maximum atomic E-state index is 4.05. The molecule has 1 N–H and O–H groups in total. The molecule has 70 valence electrons. The van der Waals surface area contributed by atoms with Crippen molar-refractivity contribution in [2.75, 3.05) is 5.32 Å². The van der Waals surface area contributed by atoms with Crippen molar-refractivity contribution < 1.29 is 0 Å². The third kappa shape index (κ3) is 2.26. The summed E-state index contributed by atoms with van der Waals surface area (Å²) < 4.78 is 0. The van der Waals surface area contributed by atoms with Gasteiger partial charge in [0.25, 0.3) is 0 Å². The number of nitrogens with one attached hydrogen (secondary N) is 1. The number of hydrogen-bond donors (Lipinski definition) is 1. The van der Waals surface area contributed by atoms with Crippen molar-refractivity contribution in [1.82, 2.24) is 15.0 Å². The summed E-state index contributed by atoms with van der Waals surface area (Å²) >= 11 is 0. The lowest BCUT2D eigenvalue weighted by Gasteiger charge is -2.03. The first-order valence-electron chi connectivity index (χ1n) is 4.34. The van der Waals surface area contributed by atoms with Gasteiger partial charge in [0.15, 0.2) is 0 Å². The van der Waals surface area contributed by atoms with E-state index in [0.717, 1.165) is 17.9 Å². The second-order valence-electron chi connectivity index (χ2n) is 2.81. The minimum Gasteiger partial charge on any atom is -0.366 e. The van der Waals surface area contributed by atoms with Crippen LogP contribution < -0.4 is 5.32 Å². The average molecular weight is 186 g/mol. The van der Waals surface area contributed by atoms with Crippen molar-refractivity contribution in [3.05, 3.63) is 48.7 Å². The van der Waals surface area contributed by atoms with Crippen LogP contribution >= 0.6 is 0 Å². The summed E-state index contributed by atoms with van der Waals surface area (Å²) in [6.07, 6.45) is 6.81. The number of aromatic nitrogens is 3. The van der Waals surface area contributed by atoms with Crippen LogP contribution in [0.2, 0.25) is 0 Å². The van der Waals surface area contributed by atoms with E-state index in [4.69, 9.17) is 0 Å². The number of nitrogens with zero attached hydrogens (tertiary/aromatic N) is 3. The van der Waals surface area contributed by atoms with Crippen molar-refractivity contribution >= 4 is 5.82 Å². The first kappa shape index (κ1) is 8.62. The first-order chi connectivity index (χ1) is 6.95. The van der Waals surface area contributed by atoms with Gasteiger partial charge in [0, 0.05) is 25.1 Å². The van der Waals surface area contributed by atoms with Crippen LogP contribution in [0.3, 0.4) is 0 Å². The Bertz CT molecular complexity index is 334. The van der Waals surface area contributed by atoms with Crippen LogP contribution in [0, 0.1) is 0 Å². The molecule has 2 aromatic rings. The van der Waals surface area contributed by atoms with Crippen LogP contribution in [0.25, 0.3) is 0 Å². The van der Waals surface area contributed by atoms with Crippen molar-refractivity contribution in [1.29, 1.82) is 0 Å². The van der Waals surface area contributed by atoms with E-state index in [-0.39, 0.29) is 0 Å². The summed E-state index contributed by atoms with van der Waals surface area (Å²) in [5, 5.41) is 3.17. The zero-order chi connectivity index (χ0) is 9.64. The predicted octanol–water partition coefficient (Wildman–Crippen LogP) is 1.48. The van der Waals surface area contributed by atoms with Gasteiger partial charge in [-0.2, -0.15) is 0 Å². The minimum absolute atomic E-state index is 0.727. The Morgan fingerprint density at radius 3 is 2.86 bits per heavy atom. The number of anilines is 1. The van der Waals surface area contributed by atoms with Crippen molar-refractivity contribution in [2.24, 2.45) is 0 Å². The molecule has 0 unspecified atom stereocenters. The van der Waals surface area contributed by atoms with Gasteiger partial charge >= 0.3 is 0 Å². The van der Waals surface area contributed by atoms with E-state index in [9.17, 15) is 0 Å². The molecule has 2 aromatic heterocycles. The molecule has 0 aliphatic rings. The second kappa shape index (κ2) is 4.32. The Kier molecular flexibility index (Phi) is 2.66. The fourth-order valence-corrected chi connectivity index (χ4v) is 1.09. The molecule has 0 amide bonds. The molecule has 0 bridgehead atoms. The highest BCUT2D eigenvalue weighted by Crippen LogP contribution is 2.02. The number of pyridine rings is 1. The van der Waals surface area contributed by atoms with Crippen LogP contribution in [0.4, 0.5) is 5.82 Å². The first-order valence-corrected chi connectivity index (χ1v) is 4.34. The fraction of sp³-hybridized carbons (Fsp3) is 0.100. The Morgan fingerprint density at radius 2 is 2.14 bits per heavy atom. The molecule has 0 saturated heterocycles. The van der Waals surface area contributed by atoms with Crippen molar-refractivity contribution in [3.8, 4) is 0 Å². The molecule has 14 heavy (non-hydrogen) atoms. The highest BCUT2D eigenvalue weighted by Gasteiger charge is 1.92. The summed E-state index contributed by atoms with van der Waals surface area (Å²) in [6, 6.07) is 5.76. The Labute approximate surface area is 82.1 Å². The van der Waals surface area contributed by atoms with Gasteiger partial charge < -0.3 is 5.32 Å². The van der Waals surface area contributed by atoms with Crippen LogP contribution in [0.1, 0.15) is 5.56 Å². The fourth-order valence-electron chi connectivity index (χ4n) is 1.09. The Hall–Kier alpha value is -1.97. The highest BCUT2D eigenvalue weighted by molar-refractivity contribution is 5.32. The minimum atomic E-state index is 0.727. The van der Waals surface area contributed by atoms with Crippen LogP contribution in [0.5, 0.6) is 0 Å². The molecule has 4 heteroatoms. The van der Waals surface area contributed by atoms with E-state index >= 15 is 0 Å². The largest absolute Gasteiger partial charge is 0.366 e. The zero-order valence-corrected chi connectivity index (χ0v) is 7.59. The van der Waals surface area contributed by atoms with Crippen molar-refractivity contribution in [3.63, 3.8) is 0 Å². The molecular formula is C10H10N4. The quantitative estimate of drug-likeness (QED) is 0.788. The summed E-state index contributed by atoms with van der Waals surface area (Å²) in [6.45, 7) is 0.727. The summed E-state index contributed by atoms with van der Waals surface area (Å²) in [4.78, 5) is 11.9. The normalized spacial score (nSPS) is 9.71. The molecule has 2 heterocycles. The zero-order valence-electron chi connectivity index (χ0n) is 7.59. The maximum Gasteiger partial charge on any atom is 0.129 e. The van der Waals surface area contributed by atoms with E-state index in [0.29, 0.717) is 0 Å². The third-order valence-electron chi connectivity index (χ3n) is 1.78. The Balaban J connectivity index is 1.96. The monoisotopic (exact) mass is 186 g/mol. The lowest BCUT2D eigenvalue weighted by Crippen LogP contribution is -2.01. The molecule has 0 aliphatic heterocycles. The highest BCUT2D eigenvalue weighted by atomic mass is 15.0. The standard InChI is InChI=1S/C10H10N4/c1-2-9(6-11-4-1)7-13-10-3-5-12-8-14-10/h1-6,8H,7H2,(H,12,13,14). The molecule has 0 radical (unpaired) electrons. The summed E-state index contributed by atoms with van der Waals surface area (Å²) in [7, 11) is 0. The number of rotatable bonds is 3. The smallest absolute Gasteiger partial charge is 0.129 e. The molecule has 4 nitrogen and oxygen atoms in total. The van der Waals surface area contributed by atoms with E-state index < -0.39 is 0 Å².